The number of hydrogen-bond donors (Lipinski definition) is 1. The zero-order valence-corrected chi connectivity index (χ0v) is 15.7. The molecule has 4 rings (SSSR count). The van der Waals surface area contributed by atoms with E-state index in [1.54, 1.807) is 25.2 Å². The summed E-state index contributed by atoms with van der Waals surface area (Å²) in [6.07, 6.45) is 1.69. The molecule has 140 valence electrons. The van der Waals surface area contributed by atoms with E-state index in [0.29, 0.717) is 29.3 Å². The highest BCUT2D eigenvalue weighted by Crippen LogP contribution is 2.23. The van der Waals surface area contributed by atoms with E-state index in [-0.39, 0.29) is 17.7 Å². The number of carbonyl (C=O) groups is 1. The van der Waals surface area contributed by atoms with Crippen LogP contribution in [0.15, 0.2) is 51.7 Å². The highest BCUT2D eigenvalue weighted by Gasteiger charge is 2.24. The number of nitrogens with zero attached hydrogens (tertiary/aromatic N) is 2. The average Bonchev–Trinajstić information content (AvgIpc) is 2.96. The van der Waals surface area contributed by atoms with Crippen LogP contribution in [0.2, 0.25) is 5.02 Å². The normalized spacial score (nSPS) is 15.3. The monoisotopic (exact) mass is 385 g/mol. The number of benzene rings is 2. The summed E-state index contributed by atoms with van der Waals surface area (Å²) in [5.41, 5.74) is 2.83. The molecule has 1 aliphatic heterocycles. The number of aryl methyl sites for hydroxylation is 1. The van der Waals surface area contributed by atoms with E-state index in [1.165, 1.54) is 4.57 Å². The standard InChI is InChI=1S/C20H20ClN3O3/c1-23-17-12-14(6-7-18(17)27-20(23)26)22-13-8-10-24(11-9-13)19(25)15-4-2-3-5-16(15)21/h2-7,12-13,22H,8-11H2,1H3. The van der Waals surface area contributed by atoms with E-state index in [1.807, 2.05) is 29.2 Å². The third-order valence-corrected chi connectivity index (χ3v) is 5.38. The van der Waals surface area contributed by atoms with Crippen molar-refractivity contribution in [3.8, 4) is 0 Å². The number of anilines is 1. The van der Waals surface area contributed by atoms with Crippen LogP contribution in [0.3, 0.4) is 0 Å². The van der Waals surface area contributed by atoms with Gasteiger partial charge in [-0.2, -0.15) is 0 Å². The SMILES string of the molecule is Cn1c(=O)oc2ccc(NC3CCN(C(=O)c4ccccc4Cl)CC3)cc21. The summed E-state index contributed by atoms with van der Waals surface area (Å²) in [6.45, 7) is 1.35. The lowest BCUT2D eigenvalue weighted by molar-refractivity contribution is 0.0718. The molecular weight excluding hydrogens is 366 g/mol. The molecule has 1 N–H and O–H groups in total. The van der Waals surface area contributed by atoms with Crippen molar-refractivity contribution in [2.24, 2.45) is 7.05 Å². The number of aromatic nitrogens is 1. The molecule has 1 amide bonds. The number of fused-ring (bicyclic) bond motifs is 1. The molecule has 0 bridgehead atoms. The summed E-state index contributed by atoms with van der Waals surface area (Å²) in [6, 6.07) is 13.0. The second kappa shape index (κ2) is 7.12. The molecule has 0 unspecified atom stereocenters. The molecule has 0 radical (unpaired) electrons. The van der Waals surface area contributed by atoms with Crippen LogP contribution in [-0.2, 0) is 7.05 Å². The lowest BCUT2D eigenvalue weighted by Crippen LogP contribution is -2.42. The quantitative estimate of drug-likeness (QED) is 0.749. The number of hydrogen-bond acceptors (Lipinski definition) is 4. The molecule has 6 nitrogen and oxygen atoms in total. The van der Waals surface area contributed by atoms with E-state index in [4.69, 9.17) is 16.0 Å². The van der Waals surface area contributed by atoms with Crippen LogP contribution in [0, 0.1) is 0 Å². The average molecular weight is 386 g/mol. The van der Waals surface area contributed by atoms with Gasteiger partial charge in [0.15, 0.2) is 5.58 Å². The summed E-state index contributed by atoms with van der Waals surface area (Å²) in [7, 11) is 1.69. The van der Waals surface area contributed by atoms with Crippen molar-refractivity contribution in [3.05, 3.63) is 63.6 Å². The second-order valence-corrected chi connectivity index (χ2v) is 7.21. The van der Waals surface area contributed by atoms with Crippen LogP contribution < -0.4 is 11.1 Å². The topological polar surface area (TPSA) is 67.5 Å². The number of piperidine rings is 1. The Hall–Kier alpha value is -2.73. The Morgan fingerprint density at radius 1 is 1.19 bits per heavy atom. The van der Waals surface area contributed by atoms with E-state index >= 15 is 0 Å². The Kier molecular flexibility index (Phi) is 4.66. The minimum atomic E-state index is -0.367. The smallest absolute Gasteiger partial charge is 0.408 e. The minimum Gasteiger partial charge on any atom is -0.408 e. The summed E-state index contributed by atoms with van der Waals surface area (Å²) < 4.78 is 6.65. The summed E-state index contributed by atoms with van der Waals surface area (Å²) in [5.74, 6) is -0.387. The van der Waals surface area contributed by atoms with E-state index < -0.39 is 0 Å². The van der Waals surface area contributed by atoms with Crippen LogP contribution in [0.1, 0.15) is 23.2 Å². The predicted molar refractivity (Wildman–Crippen MR) is 105 cm³/mol. The van der Waals surface area contributed by atoms with Crippen LogP contribution in [0.4, 0.5) is 5.69 Å². The zero-order valence-electron chi connectivity index (χ0n) is 14.9. The third-order valence-electron chi connectivity index (χ3n) is 5.05. The van der Waals surface area contributed by atoms with Gasteiger partial charge in [-0.25, -0.2) is 4.79 Å². The van der Waals surface area contributed by atoms with E-state index in [2.05, 4.69) is 5.32 Å². The Bertz CT molecular complexity index is 1050. The van der Waals surface area contributed by atoms with Crippen LogP contribution >= 0.6 is 11.6 Å². The van der Waals surface area contributed by atoms with Crippen molar-refractivity contribution in [2.75, 3.05) is 18.4 Å². The molecule has 1 aromatic heterocycles. The highest BCUT2D eigenvalue weighted by atomic mass is 35.5. The summed E-state index contributed by atoms with van der Waals surface area (Å²) in [4.78, 5) is 26.1. The van der Waals surface area contributed by atoms with Crippen molar-refractivity contribution >= 4 is 34.3 Å². The first kappa shape index (κ1) is 17.7. The van der Waals surface area contributed by atoms with Crippen molar-refractivity contribution in [1.29, 1.82) is 0 Å². The Balaban J connectivity index is 1.41. The third kappa shape index (κ3) is 3.45. The van der Waals surface area contributed by atoms with Gasteiger partial charge in [0.1, 0.15) is 0 Å². The maximum absolute atomic E-state index is 12.7. The lowest BCUT2D eigenvalue weighted by Gasteiger charge is -2.33. The van der Waals surface area contributed by atoms with Gasteiger partial charge < -0.3 is 14.6 Å². The fourth-order valence-corrected chi connectivity index (χ4v) is 3.70. The van der Waals surface area contributed by atoms with Gasteiger partial charge in [-0.1, -0.05) is 23.7 Å². The van der Waals surface area contributed by atoms with Gasteiger partial charge in [0.05, 0.1) is 16.1 Å². The number of amides is 1. The van der Waals surface area contributed by atoms with Gasteiger partial charge in [0.25, 0.3) is 5.91 Å². The predicted octanol–water partition coefficient (Wildman–Crippen LogP) is 3.50. The molecule has 1 saturated heterocycles. The van der Waals surface area contributed by atoms with Crippen LogP contribution in [0.5, 0.6) is 0 Å². The highest BCUT2D eigenvalue weighted by molar-refractivity contribution is 6.33. The number of rotatable bonds is 3. The number of nitrogens with one attached hydrogen (secondary N) is 1. The first-order chi connectivity index (χ1) is 13.0. The molecule has 0 atom stereocenters. The number of likely N-dealkylation sites (tertiary alicyclic amines) is 1. The molecular formula is C20H20ClN3O3. The number of halogens is 1. The van der Waals surface area contributed by atoms with Crippen LogP contribution in [0.25, 0.3) is 11.1 Å². The molecule has 2 aromatic carbocycles. The van der Waals surface area contributed by atoms with Gasteiger partial charge >= 0.3 is 5.76 Å². The van der Waals surface area contributed by atoms with Gasteiger partial charge in [0, 0.05) is 31.9 Å². The first-order valence-electron chi connectivity index (χ1n) is 8.93. The molecule has 7 heteroatoms. The van der Waals surface area contributed by atoms with Crippen molar-refractivity contribution in [1.82, 2.24) is 9.47 Å². The molecule has 3 aromatic rings. The van der Waals surface area contributed by atoms with Crippen molar-refractivity contribution < 1.29 is 9.21 Å². The minimum absolute atomic E-state index is 0.0196. The summed E-state index contributed by atoms with van der Waals surface area (Å²) >= 11 is 6.14. The van der Waals surface area contributed by atoms with Gasteiger partial charge in [-0.05, 0) is 43.2 Å². The molecule has 1 aliphatic rings. The maximum Gasteiger partial charge on any atom is 0.419 e. The number of oxazole rings is 1. The zero-order chi connectivity index (χ0) is 19.0. The molecule has 1 fully saturated rings. The van der Waals surface area contributed by atoms with E-state index in [0.717, 1.165) is 24.0 Å². The molecule has 0 spiro atoms. The fourth-order valence-electron chi connectivity index (χ4n) is 3.48. The number of carbonyl (C=O) groups excluding carboxylic acids is 1. The second-order valence-electron chi connectivity index (χ2n) is 6.80. The summed E-state index contributed by atoms with van der Waals surface area (Å²) in [5, 5.41) is 3.99. The molecule has 0 aliphatic carbocycles. The maximum atomic E-state index is 12.7. The first-order valence-corrected chi connectivity index (χ1v) is 9.30. The van der Waals surface area contributed by atoms with Gasteiger partial charge in [-0.15, -0.1) is 0 Å². The molecule has 2 heterocycles. The molecule has 0 saturated carbocycles. The fraction of sp³-hybridized carbons (Fsp3) is 0.300. The molecule has 27 heavy (non-hydrogen) atoms. The van der Waals surface area contributed by atoms with E-state index in [9.17, 15) is 9.59 Å². The Labute approximate surface area is 161 Å². The van der Waals surface area contributed by atoms with Crippen molar-refractivity contribution in [2.45, 2.75) is 18.9 Å². The van der Waals surface area contributed by atoms with Gasteiger partial charge in [-0.3, -0.25) is 9.36 Å². The Morgan fingerprint density at radius 3 is 2.67 bits per heavy atom. The lowest BCUT2D eigenvalue weighted by atomic mass is 10.0. The largest absolute Gasteiger partial charge is 0.419 e. The van der Waals surface area contributed by atoms with Crippen LogP contribution in [-0.4, -0.2) is 34.5 Å². The Morgan fingerprint density at radius 2 is 1.93 bits per heavy atom. The van der Waals surface area contributed by atoms with Crippen molar-refractivity contribution in [3.63, 3.8) is 0 Å². The van der Waals surface area contributed by atoms with Gasteiger partial charge in [0.2, 0.25) is 0 Å².